The maximum Gasteiger partial charge on any atom is 0.216 e. The molecular formula is C21H21N4O3S-. The van der Waals surface area contributed by atoms with Gasteiger partial charge in [-0.05, 0) is 40.9 Å². The Kier molecular flexibility index (Phi) is 5.93. The summed E-state index contributed by atoms with van der Waals surface area (Å²) in [6, 6.07) is 15.0. The molecule has 0 unspecified atom stereocenters. The van der Waals surface area contributed by atoms with E-state index in [0.29, 0.717) is 16.3 Å². The molecule has 0 fully saturated rings. The van der Waals surface area contributed by atoms with Crippen molar-refractivity contribution in [2.75, 3.05) is 6.61 Å². The summed E-state index contributed by atoms with van der Waals surface area (Å²) in [5, 5.41) is 22.0. The molecule has 2 aromatic carbocycles. The van der Waals surface area contributed by atoms with Crippen molar-refractivity contribution in [2.45, 2.75) is 26.2 Å². The van der Waals surface area contributed by atoms with Crippen molar-refractivity contribution in [3.63, 3.8) is 0 Å². The van der Waals surface area contributed by atoms with Crippen LogP contribution in [0.25, 0.3) is 11.4 Å². The van der Waals surface area contributed by atoms with E-state index in [-0.39, 0.29) is 5.41 Å². The maximum absolute atomic E-state index is 10.5. The molecule has 1 N–H and O–H groups in total. The number of carboxylic acids is 1. The van der Waals surface area contributed by atoms with Crippen molar-refractivity contribution in [3.8, 4) is 17.1 Å². The Hall–Kier alpha value is -3.26. The molecule has 0 aliphatic heterocycles. The Labute approximate surface area is 173 Å². The molecule has 0 aliphatic carbocycles. The Balaban J connectivity index is 1.86. The molecule has 0 amide bonds. The van der Waals surface area contributed by atoms with Crippen LogP contribution >= 0.6 is 12.2 Å². The molecule has 0 radical (unpaired) electrons. The lowest BCUT2D eigenvalue weighted by Crippen LogP contribution is -2.28. The first-order valence-electron chi connectivity index (χ1n) is 8.99. The van der Waals surface area contributed by atoms with Gasteiger partial charge in [-0.15, -0.1) is 0 Å². The van der Waals surface area contributed by atoms with Gasteiger partial charge in [0.15, 0.2) is 5.82 Å². The molecule has 1 heterocycles. The molecule has 7 nitrogen and oxygen atoms in total. The van der Waals surface area contributed by atoms with E-state index in [1.54, 1.807) is 24.4 Å². The zero-order valence-electron chi connectivity index (χ0n) is 16.4. The standard InChI is InChI=1S/C21H22N4O3S/c1-21(2,3)16-9-7-15(8-10-16)19-23-24-20(29)25(19)22-12-14-5-4-6-17(11-14)28-13-18(26)27/h4-12H,13H2,1-3H3,(H,24,29)(H,26,27)/p-1/b22-12+. The monoisotopic (exact) mass is 409 g/mol. The van der Waals surface area contributed by atoms with Gasteiger partial charge in [-0.2, -0.15) is 14.9 Å². The molecule has 0 atom stereocenters. The average Bonchev–Trinajstić information content (AvgIpc) is 3.05. The number of ether oxygens (including phenoxy) is 1. The summed E-state index contributed by atoms with van der Waals surface area (Å²) < 4.78 is 7.03. The molecule has 1 aromatic heterocycles. The number of carbonyl (C=O) groups excluding carboxylic acids is 1. The number of aromatic amines is 1. The minimum atomic E-state index is -1.28. The van der Waals surface area contributed by atoms with E-state index < -0.39 is 12.6 Å². The highest BCUT2D eigenvalue weighted by atomic mass is 32.1. The molecule has 3 rings (SSSR count). The topological polar surface area (TPSA) is 95.3 Å². The van der Waals surface area contributed by atoms with E-state index in [9.17, 15) is 9.90 Å². The van der Waals surface area contributed by atoms with Gasteiger partial charge in [-0.1, -0.05) is 57.2 Å². The van der Waals surface area contributed by atoms with Crippen LogP contribution in [0, 0.1) is 4.77 Å². The number of nitrogens with one attached hydrogen (secondary N) is 1. The lowest BCUT2D eigenvalue weighted by atomic mass is 9.87. The fourth-order valence-electron chi connectivity index (χ4n) is 2.66. The SMILES string of the molecule is CC(C)(C)c1ccc(-c2n[nH]c(=S)n2/N=C/c2cccc(OCC(=O)[O-])c2)cc1. The summed E-state index contributed by atoms with van der Waals surface area (Å²) >= 11 is 5.30. The number of aliphatic carboxylic acids is 1. The second kappa shape index (κ2) is 8.40. The normalized spacial score (nSPS) is 11.7. The first kappa shape index (κ1) is 20.5. The van der Waals surface area contributed by atoms with Gasteiger partial charge >= 0.3 is 0 Å². The van der Waals surface area contributed by atoms with Gasteiger partial charge in [0, 0.05) is 5.56 Å². The number of carboxylic acid groups (broad SMARTS) is 1. The van der Waals surface area contributed by atoms with E-state index in [4.69, 9.17) is 17.0 Å². The third-order valence-corrected chi connectivity index (χ3v) is 4.46. The summed E-state index contributed by atoms with van der Waals surface area (Å²) in [6.07, 6.45) is 1.60. The van der Waals surface area contributed by atoms with Crippen LogP contribution in [0.5, 0.6) is 5.75 Å². The molecule has 0 bridgehead atoms. The van der Waals surface area contributed by atoms with Gasteiger partial charge in [0.05, 0.1) is 12.2 Å². The minimum absolute atomic E-state index is 0.0607. The zero-order chi connectivity index (χ0) is 21.0. The number of benzene rings is 2. The molecule has 0 spiro atoms. The molecular weight excluding hydrogens is 388 g/mol. The molecule has 0 saturated heterocycles. The predicted molar refractivity (Wildman–Crippen MR) is 111 cm³/mol. The third kappa shape index (κ3) is 5.17. The Morgan fingerprint density at radius 1 is 1.28 bits per heavy atom. The van der Waals surface area contributed by atoms with Crippen molar-refractivity contribution in [2.24, 2.45) is 5.10 Å². The number of nitrogens with zero attached hydrogens (tertiary/aromatic N) is 3. The van der Waals surface area contributed by atoms with Crippen molar-refractivity contribution in [1.82, 2.24) is 14.9 Å². The number of aromatic nitrogens is 3. The van der Waals surface area contributed by atoms with Gasteiger partial charge in [-0.3, -0.25) is 0 Å². The Morgan fingerprint density at radius 3 is 2.66 bits per heavy atom. The van der Waals surface area contributed by atoms with Crippen molar-refractivity contribution >= 4 is 24.4 Å². The number of carbonyl (C=O) groups is 1. The van der Waals surface area contributed by atoms with Crippen molar-refractivity contribution < 1.29 is 14.6 Å². The quantitative estimate of drug-likeness (QED) is 0.499. The van der Waals surface area contributed by atoms with Crippen molar-refractivity contribution in [1.29, 1.82) is 0 Å². The third-order valence-electron chi connectivity index (χ3n) is 4.20. The summed E-state index contributed by atoms with van der Waals surface area (Å²) in [7, 11) is 0. The highest BCUT2D eigenvalue weighted by Gasteiger charge is 2.14. The lowest BCUT2D eigenvalue weighted by Gasteiger charge is -2.18. The molecule has 0 aliphatic rings. The van der Waals surface area contributed by atoms with Crippen LogP contribution in [0.3, 0.4) is 0 Å². The smallest absolute Gasteiger partial charge is 0.216 e. The minimum Gasteiger partial charge on any atom is -0.546 e. The summed E-state index contributed by atoms with van der Waals surface area (Å²) in [6.45, 7) is 5.97. The van der Waals surface area contributed by atoms with Gasteiger partial charge in [-0.25, -0.2) is 5.10 Å². The molecule has 150 valence electrons. The van der Waals surface area contributed by atoms with E-state index in [2.05, 4.69) is 48.2 Å². The first-order chi connectivity index (χ1) is 13.7. The molecule has 8 heteroatoms. The second-order valence-corrected chi connectivity index (χ2v) is 7.86. The van der Waals surface area contributed by atoms with Gasteiger partial charge < -0.3 is 14.6 Å². The first-order valence-corrected chi connectivity index (χ1v) is 9.40. The molecule has 3 aromatic rings. The molecule has 0 saturated carbocycles. The van der Waals surface area contributed by atoms with Crippen LogP contribution < -0.4 is 9.84 Å². The van der Waals surface area contributed by atoms with E-state index in [1.807, 2.05) is 18.2 Å². The Morgan fingerprint density at radius 2 is 2.00 bits per heavy atom. The highest BCUT2D eigenvalue weighted by molar-refractivity contribution is 7.71. The Bertz CT molecular complexity index is 1090. The summed E-state index contributed by atoms with van der Waals surface area (Å²) in [5.74, 6) is -0.279. The van der Waals surface area contributed by atoms with Crippen LogP contribution in [0.1, 0.15) is 31.9 Å². The van der Waals surface area contributed by atoms with E-state index in [1.165, 1.54) is 10.2 Å². The van der Waals surface area contributed by atoms with Crippen LogP contribution in [0.4, 0.5) is 0 Å². The van der Waals surface area contributed by atoms with Crippen molar-refractivity contribution in [3.05, 3.63) is 64.4 Å². The lowest BCUT2D eigenvalue weighted by molar-refractivity contribution is -0.307. The number of hydrogen-bond acceptors (Lipinski definition) is 6. The maximum atomic E-state index is 10.5. The average molecular weight is 409 g/mol. The van der Waals surface area contributed by atoms with Gasteiger partial charge in [0.2, 0.25) is 4.77 Å². The fourth-order valence-corrected chi connectivity index (χ4v) is 2.84. The molecule has 29 heavy (non-hydrogen) atoms. The predicted octanol–water partition coefficient (Wildman–Crippen LogP) is 2.92. The fraction of sp³-hybridized carbons (Fsp3) is 0.238. The van der Waals surface area contributed by atoms with Gasteiger partial charge in [0.1, 0.15) is 12.4 Å². The summed E-state index contributed by atoms with van der Waals surface area (Å²) in [4.78, 5) is 10.5. The highest BCUT2D eigenvalue weighted by Crippen LogP contribution is 2.25. The van der Waals surface area contributed by atoms with Crippen LogP contribution in [-0.2, 0) is 10.2 Å². The largest absolute Gasteiger partial charge is 0.546 e. The van der Waals surface area contributed by atoms with Crippen LogP contribution in [0.15, 0.2) is 53.6 Å². The zero-order valence-corrected chi connectivity index (χ0v) is 17.2. The van der Waals surface area contributed by atoms with E-state index in [0.717, 1.165) is 11.1 Å². The number of H-pyrrole nitrogens is 1. The second-order valence-electron chi connectivity index (χ2n) is 7.47. The number of hydrogen-bond donors (Lipinski definition) is 1. The van der Waals surface area contributed by atoms with Gasteiger partial charge in [0.25, 0.3) is 0 Å². The summed E-state index contributed by atoms with van der Waals surface area (Å²) in [5.41, 5.74) is 2.89. The number of rotatable bonds is 6. The van der Waals surface area contributed by atoms with Crippen LogP contribution in [-0.4, -0.2) is 33.7 Å². The van der Waals surface area contributed by atoms with Crippen LogP contribution in [0.2, 0.25) is 0 Å². The van der Waals surface area contributed by atoms with E-state index >= 15 is 0 Å².